The molecule has 19 heavy (non-hydrogen) atoms. The molecule has 0 saturated heterocycles. The van der Waals surface area contributed by atoms with Gasteiger partial charge in [-0.05, 0) is 18.2 Å². The summed E-state index contributed by atoms with van der Waals surface area (Å²) < 4.78 is 0. The van der Waals surface area contributed by atoms with Crippen LogP contribution in [0.2, 0.25) is 0 Å². The van der Waals surface area contributed by atoms with Crippen LogP contribution in [0.25, 0.3) is 23.2 Å². The molecule has 7 heteroatoms. The van der Waals surface area contributed by atoms with Gasteiger partial charge in [0.05, 0.1) is 0 Å². The molecular formula is C12H9ClN6. The largest absolute Gasteiger partial charge is 0.235 e. The van der Waals surface area contributed by atoms with Gasteiger partial charge in [-0.15, -0.1) is 12.4 Å². The van der Waals surface area contributed by atoms with Crippen LogP contribution in [0.5, 0.6) is 0 Å². The van der Waals surface area contributed by atoms with E-state index in [2.05, 4.69) is 29.9 Å². The van der Waals surface area contributed by atoms with Crippen molar-refractivity contribution in [1.29, 1.82) is 0 Å². The first-order chi connectivity index (χ1) is 8.93. The highest BCUT2D eigenvalue weighted by molar-refractivity contribution is 5.85. The average Bonchev–Trinajstić information content (AvgIpc) is 2.49. The number of nitrogens with zero attached hydrogens (tertiary/aromatic N) is 6. The van der Waals surface area contributed by atoms with Crippen LogP contribution in [0.4, 0.5) is 0 Å². The van der Waals surface area contributed by atoms with Gasteiger partial charge in [0.15, 0.2) is 17.5 Å². The smallest absolute Gasteiger partial charge is 0.198 e. The second-order valence-electron chi connectivity index (χ2n) is 3.41. The van der Waals surface area contributed by atoms with Crippen molar-refractivity contribution in [3.8, 4) is 23.2 Å². The lowest BCUT2D eigenvalue weighted by molar-refractivity contribution is 1.06. The van der Waals surface area contributed by atoms with Gasteiger partial charge in [-0.25, -0.2) is 29.9 Å². The molecule has 0 aliphatic heterocycles. The summed E-state index contributed by atoms with van der Waals surface area (Å²) in [7, 11) is 0. The second-order valence-corrected chi connectivity index (χ2v) is 3.41. The lowest BCUT2D eigenvalue weighted by Gasteiger charge is -2.00. The first kappa shape index (κ1) is 13.0. The molecule has 94 valence electrons. The maximum atomic E-state index is 4.35. The van der Waals surface area contributed by atoms with E-state index >= 15 is 0 Å². The minimum absolute atomic E-state index is 0. The molecule has 0 aromatic carbocycles. The number of halogens is 1. The summed E-state index contributed by atoms with van der Waals surface area (Å²) in [6.45, 7) is 0. The number of aromatic nitrogens is 6. The standard InChI is InChI=1S/C12H8N6.ClH/c1-4-13-10(14-5-1)9-3-8-17-12(18-9)11-15-6-2-7-16-11;/h1-8H;1H. The Kier molecular flexibility index (Phi) is 4.04. The molecule has 3 rings (SSSR count). The minimum Gasteiger partial charge on any atom is -0.235 e. The van der Waals surface area contributed by atoms with Gasteiger partial charge >= 0.3 is 0 Å². The van der Waals surface area contributed by atoms with Crippen LogP contribution < -0.4 is 0 Å². The molecule has 0 aliphatic carbocycles. The summed E-state index contributed by atoms with van der Waals surface area (Å²) in [5, 5.41) is 0. The van der Waals surface area contributed by atoms with E-state index in [9.17, 15) is 0 Å². The van der Waals surface area contributed by atoms with E-state index < -0.39 is 0 Å². The van der Waals surface area contributed by atoms with Gasteiger partial charge in [-0.1, -0.05) is 0 Å². The molecule has 6 nitrogen and oxygen atoms in total. The highest BCUT2D eigenvalue weighted by atomic mass is 35.5. The lowest BCUT2D eigenvalue weighted by Crippen LogP contribution is -1.97. The SMILES string of the molecule is Cl.c1cnc(-c2ccnc(-c3ncccn3)n2)nc1. The Morgan fingerprint density at radius 2 is 1.11 bits per heavy atom. The maximum absolute atomic E-state index is 4.35. The van der Waals surface area contributed by atoms with Crippen molar-refractivity contribution in [3.63, 3.8) is 0 Å². The fraction of sp³-hybridized carbons (Fsp3) is 0. The fourth-order valence-electron chi connectivity index (χ4n) is 1.44. The molecule has 0 fully saturated rings. The molecule has 0 aliphatic rings. The van der Waals surface area contributed by atoms with Gasteiger partial charge in [-0.2, -0.15) is 0 Å². The van der Waals surface area contributed by atoms with Crippen LogP contribution in [0.15, 0.2) is 49.2 Å². The monoisotopic (exact) mass is 272 g/mol. The summed E-state index contributed by atoms with van der Waals surface area (Å²) in [4.78, 5) is 25.0. The fourth-order valence-corrected chi connectivity index (χ4v) is 1.44. The van der Waals surface area contributed by atoms with E-state index in [1.807, 2.05) is 0 Å². The van der Waals surface area contributed by atoms with Gasteiger partial charge in [-0.3, -0.25) is 0 Å². The summed E-state index contributed by atoms with van der Waals surface area (Å²) in [6, 6.07) is 5.25. The van der Waals surface area contributed by atoms with Crippen molar-refractivity contribution in [3.05, 3.63) is 49.2 Å². The molecule has 3 aromatic heterocycles. The van der Waals surface area contributed by atoms with Crippen molar-refractivity contribution in [2.75, 3.05) is 0 Å². The van der Waals surface area contributed by atoms with E-state index in [1.54, 1.807) is 49.2 Å². The van der Waals surface area contributed by atoms with Crippen molar-refractivity contribution in [1.82, 2.24) is 29.9 Å². The number of hydrogen-bond acceptors (Lipinski definition) is 6. The molecule has 0 unspecified atom stereocenters. The quantitative estimate of drug-likeness (QED) is 0.708. The van der Waals surface area contributed by atoms with Crippen LogP contribution >= 0.6 is 12.4 Å². The zero-order valence-corrected chi connectivity index (χ0v) is 10.5. The van der Waals surface area contributed by atoms with Gasteiger partial charge < -0.3 is 0 Å². The second kappa shape index (κ2) is 5.92. The summed E-state index contributed by atoms with van der Waals surface area (Å²) in [5.74, 6) is 1.49. The molecule has 0 saturated carbocycles. The van der Waals surface area contributed by atoms with Crippen molar-refractivity contribution in [2.45, 2.75) is 0 Å². The molecule has 0 amide bonds. The van der Waals surface area contributed by atoms with Crippen LogP contribution in [0, 0.1) is 0 Å². The zero-order chi connectivity index (χ0) is 12.2. The van der Waals surface area contributed by atoms with Gasteiger partial charge in [0.2, 0.25) is 0 Å². The van der Waals surface area contributed by atoms with Crippen molar-refractivity contribution < 1.29 is 0 Å². The summed E-state index contributed by atoms with van der Waals surface area (Å²) in [5.41, 5.74) is 0.646. The minimum atomic E-state index is 0. The molecule has 0 atom stereocenters. The lowest BCUT2D eigenvalue weighted by atomic mass is 10.3. The number of rotatable bonds is 2. The molecule has 0 N–H and O–H groups in total. The van der Waals surface area contributed by atoms with E-state index in [0.29, 0.717) is 23.2 Å². The highest BCUT2D eigenvalue weighted by Gasteiger charge is 2.07. The number of hydrogen-bond donors (Lipinski definition) is 0. The Balaban J connectivity index is 0.00000133. The normalized spacial score (nSPS) is 9.68. The molecule has 0 bridgehead atoms. The average molecular weight is 273 g/mol. The Hall–Kier alpha value is -2.47. The van der Waals surface area contributed by atoms with Crippen molar-refractivity contribution >= 4 is 12.4 Å². The van der Waals surface area contributed by atoms with Crippen LogP contribution in [-0.4, -0.2) is 29.9 Å². The highest BCUT2D eigenvalue weighted by Crippen LogP contribution is 2.13. The van der Waals surface area contributed by atoms with E-state index in [-0.39, 0.29) is 12.4 Å². The molecule has 3 aromatic rings. The molecular weight excluding hydrogens is 264 g/mol. The van der Waals surface area contributed by atoms with Gasteiger partial charge in [0.1, 0.15) is 5.69 Å². The summed E-state index contributed by atoms with van der Waals surface area (Å²) in [6.07, 6.45) is 8.28. The first-order valence-corrected chi connectivity index (χ1v) is 5.31. The van der Waals surface area contributed by atoms with E-state index in [4.69, 9.17) is 0 Å². The Morgan fingerprint density at radius 1 is 0.579 bits per heavy atom. The molecule has 0 radical (unpaired) electrons. The van der Waals surface area contributed by atoms with Crippen LogP contribution in [-0.2, 0) is 0 Å². The topological polar surface area (TPSA) is 77.3 Å². The Bertz CT molecular complexity index is 592. The summed E-state index contributed by atoms with van der Waals surface area (Å²) >= 11 is 0. The predicted molar refractivity (Wildman–Crippen MR) is 71.3 cm³/mol. The Labute approximate surface area is 115 Å². The maximum Gasteiger partial charge on any atom is 0.198 e. The first-order valence-electron chi connectivity index (χ1n) is 5.31. The van der Waals surface area contributed by atoms with E-state index in [0.717, 1.165) is 0 Å². The third kappa shape index (κ3) is 2.86. The molecule has 3 heterocycles. The molecule has 0 spiro atoms. The van der Waals surface area contributed by atoms with Gasteiger partial charge in [0.25, 0.3) is 0 Å². The third-order valence-corrected chi connectivity index (χ3v) is 2.22. The third-order valence-electron chi connectivity index (χ3n) is 2.22. The van der Waals surface area contributed by atoms with Crippen LogP contribution in [0.1, 0.15) is 0 Å². The van der Waals surface area contributed by atoms with Crippen LogP contribution in [0.3, 0.4) is 0 Å². The van der Waals surface area contributed by atoms with Crippen molar-refractivity contribution in [2.24, 2.45) is 0 Å². The predicted octanol–water partition coefficient (Wildman–Crippen LogP) is 1.81. The zero-order valence-electron chi connectivity index (χ0n) is 9.71. The van der Waals surface area contributed by atoms with Gasteiger partial charge in [0, 0.05) is 31.0 Å². The Morgan fingerprint density at radius 3 is 1.74 bits per heavy atom. The van der Waals surface area contributed by atoms with E-state index in [1.165, 1.54) is 0 Å².